The highest BCUT2D eigenvalue weighted by Gasteiger charge is 2.47. The van der Waals surface area contributed by atoms with E-state index in [0.29, 0.717) is 31.3 Å². The molecule has 1 aromatic heterocycles. The van der Waals surface area contributed by atoms with E-state index in [2.05, 4.69) is 30.0 Å². The minimum atomic E-state index is -0.539. The molecule has 2 aromatic rings. The fraction of sp³-hybridized carbons (Fsp3) is 0.560. The van der Waals surface area contributed by atoms with Crippen molar-refractivity contribution in [3.63, 3.8) is 0 Å². The van der Waals surface area contributed by atoms with Crippen molar-refractivity contribution < 1.29 is 23.6 Å². The average Bonchev–Trinajstić information content (AvgIpc) is 3.26. The lowest BCUT2D eigenvalue weighted by molar-refractivity contribution is -0.143. The molecule has 0 aliphatic carbocycles. The Kier molecular flexibility index (Phi) is 7.00. The number of rotatable bonds is 6. The zero-order valence-electron chi connectivity index (χ0n) is 20.6. The molecule has 3 unspecified atom stereocenters. The van der Waals surface area contributed by atoms with Crippen LogP contribution in [0.4, 0.5) is 16.4 Å². The van der Waals surface area contributed by atoms with Gasteiger partial charge >= 0.3 is 12.1 Å². The van der Waals surface area contributed by atoms with E-state index < -0.39 is 18.1 Å². The summed E-state index contributed by atoms with van der Waals surface area (Å²) in [6.07, 6.45) is -0.413. The van der Waals surface area contributed by atoms with Crippen LogP contribution in [0.5, 0.6) is 5.75 Å². The Balaban J connectivity index is 1.66. The fourth-order valence-corrected chi connectivity index (χ4v) is 5.09. The van der Waals surface area contributed by atoms with Crippen molar-refractivity contribution in [2.45, 2.75) is 46.6 Å². The van der Waals surface area contributed by atoms with Gasteiger partial charge in [-0.15, -0.1) is 0 Å². The summed E-state index contributed by atoms with van der Waals surface area (Å²) in [7, 11) is 0. The van der Waals surface area contributed by atoms with Crippen LogP contribution in [0.15, 0.2) is 28.8 Å². The van der Waals surface area contributed by atoms with Crippen molar-refractivity contribution >= 4 is 23.6 Å². The topological polar surface area (TPSA) is 88.3 Å². The molecule has 3 heterocycles. The highest BCUT2D eigenvalue weighted by Crippen LogP contribution is 2.43. The molecule has 1 saturated heterocycles. The number of hydrogen-bond acceptors (Lipinski definition) is 8. The van der Waals surface area contributed by atoms with Gasteiger partial charge in [0.1, 0.15) is 5.75 Å². The van der Waals surface area contributed by atoms with Crippen molar-refractivity contribution in [1.29, 1.82) is 0 Å². The number of esters is 1. The van der Waals surface area contributed by atoms with Gasteiger partial charge in [0.2, 0.25) is 5.88 Å². The molecule has 1 aromatic carbocycles. The van der Waals surface area contributed by atoms with Gasteiger partial charge in [0.25, 0.3) is 0 Å². The fourth-order valence-electron chi connectivity index (χ4n) is 5.09. The van der Waals surface area contributed by atoms with Gasteiger partial charge in [-0.25, -0.2) is 4.79 Å². The molecule has 4 rings (SSSR count). The quantitative estimate of drug-likeness (QED) is 0.465. The zero-order valence-corrected chi connectivity index (χ0v) is 20.6. The normalized spacial score (nSPS) is 22.3. The van der Waals surface area contributed by atoms with Crippen LogP contribution in [0.25, 0.3) is 0 Å². The summed E-state index contributed by atoms with van der Waals surface area (Å²) in [4.78, 5) is 32.1. The van der Waals surface area contributed by atoms with E-state index in [1.807, 2.05) is 36.9 Å². The lowest BCUT2D eigenvalue weighted by Crippen LogP contribution is -2.61. The predicted molar refractivity (Wildman–Crippen MR) is 129 cm³/mol. The van der Waals surface area contributed by atoms with Gasteiger partial charge in [-0.3, -0.25) is 4.79 Å². The summed E-state index contributed by atoms with van der Waals surface area (Å²) in [5.74, 6) is 0.224. The minimum Gasteiger partial charge on any atom is -0.450 e. The summed E-state index contributed by atoms with van der Waals surface area (Å²) in [6, 6.07) is 7.50. The third-order valence-electron chi connectivity index (χ3n) is 6.90. The first-order valence-corrected chi connectivity index (χ1v) is 12.1. The van der Waals surface area contributed by atoms with Crippen LogP contribution in [0.3, 0.4) is 0 Å². The number of piperazine rings is 1. The van der Waals surface area contributed by atoms with Crippen molar-refractivity contribution in [1.82, 2.24) is 10.1 Å². The Morgan fingerprint density at radius 3 is 2.62 bits per heavy atom. The molecule has 0 bridgehead atoms. The van der Waals surface area contributed by atoms with Crippen LogP contribution in [0.2, 0.25) is 0 Å². The third-order valence-corrected chi connectivity index (χ3v) is 6.90. The molecule has 3 atom stereocenters. The average molecular weight is 471 g/mol. The number of anilines is 2. The van der Waals surface area contributed by atoms with Crippen molar-refractivity contribution in [2.75, 3.05) is 49.1 Å². The van der Waals surface area contributed by atoms with Crippen LogP contribution in [-0.4, -0.2) is 67.5 Å². The van der Waals surface area contributed by atoms with Gasteiger partial charge in [0.05, 0.1) is 24.3 Å². The maximum absolute atomic E-state index is 13.4. The molecule has 0 radical (unpaired) electrons. The molecule has 0 spiro atoms. The largest absolute Gasteiger partial charge is 0.450 e. The maximum atomic E-state index is 13.4. The summed E-state index contributed by atoms with van der Waals surface area (Å²) in [5, 5.41) is 3.99. The summed E-state index contributed by atoms with van der Waals surface area (Å²) < 4.78 is 16.7. The SMILES string of the molecule is CCOC(=O)N1CCN(c2cc(C)no2)CC1C1C(=O)Oc2cc(N(CC)CC)ccc2C1C. The predicted octanol–water partition coefficient (Wildman–Crippen LogP) is 3.82. The number of aromatic nitrogens is 1. The third kappa shape index (κ3) is 4.43. The second-order valence-corrected chi connectivity index (χ2v) is 8.84. The monoisotopic (exact) mass is 470 g/mol. The van der Waals surface area contributed by atoms with Gasteiger partial charge in [0.15, 0.2) is 0 Å². The summed E-state index contributed by atoms with van der Waals surface area (Å²) >= 11 is 0. The molecule has 0 N–H and O–H groups in total. The Morgan fingerprint density at radius 2 is 1.97 bits per heavy atom. The Labute approximate surface area is 200 Å². The molecule has 0 saturated carbocycles. The number of carbonyl (C=O) groups excluding carboxylic acids is 2. The molecule has 1 fully saturated rings. The molecule has 2 aliphatic heterocycles. The van der Waals surface area contributed by atoms with Crippen LogP contribution >= 0.6 is 0 Å². The second kappa shape index (κ2) is 9.95. The van der Waals surface area contributed by atoms with Crippen LogP contribution in [-0.2, 0) is 9.53 Å². The molecule has 184 valence electrons. The molecular formula is C25H34N4O5. The van der Waals surface area contributed by atoms with E-state index in [0.717, 1.165) is 30.0 Å². The van der Waals surface area contributed by atoms with Crippen LogP contribution in [0, 0.1) is 12.8 Å². The van der Waals surface area contributed by atoms with Crippen molar-refractivity contribution in [3.8, 4) is 5.75 Å². The number of benzene rings is 1. The first-order chi connectivity index (χ1) is 16.4. The van der Waals surface area contributed by atoms with E-state index in [1.54, 1.807) is 11.8 Å². The van der Waals surface area contributed by atoms with Crippen LogP contribution < -0.4 is 14.5 Å². The van der Waals surface area contributed by atoms with E-state index in [4.69, 9.17) is 14.0 Å². The van der Waals surface area contributed by atoms with E-state index >= 15 is 0 Å². The van der Waals surface area contributed by atoms with Gasteiger partial charge < -0.3 is 28.7 Å². The number of ether oxygens (including phenoxy) is 2. The number of nitrogens with zero attached hydrogens (tertiary/aromatic N) is 4. The second-order valence-electron chi connectivity index (χ2n) is 8.84. The van der Waals surface area contributed by atoms with Gasteiger partial charge in [0, 0.05) is 56.5 Å². The first kappa shape index (κ1) is 23.9. The van der Waals surface area contributed by atoms with E-state index in [1.165, 1.54) is 0 Å². The van der Waals surface area contributed by atoms with Crippen molar-refractivity contribution in [2.24, 2.45) is 5.92 Å². The lowest BCUT2D eigenvalue weighted by atomic mass is 9.79. The Hall–Kier alpha value is -3.23. The highest BCUT2D eigenvalue weighted by molar-refractivity contribution is 5.82. The molecular weight excluding hydrogens is 436 g/mol. The molecule has 1 amide bonds. The minimum absolute atomic E-state index is 0.139. The number of aryl methyl sites for hydroxylation is 1. The molecule has 2 aliphatic rings. The first-order valence-electron chi connectivity index (χ1n) is 12.1. The van der Waals surface area contributed by atoms with E-state index in [9.17, 15) is 9.59 Å². The smallest absolute Gasteiger partial charge is 0.410 e. The maximum Gasteiger partial charge on any atom is 0.410 e. The summed E-state index contributed by atoms with van der Waals surface area (Å²) in [5.41, 5.74) is 2.78. The lowest BCUT2D eigenvalue weighted by Gasteiger charge is -2.45. The molecule has 34 heavy (non-hydrogen) atoms. The summed E-state index contributed by atoms with van der Waals surface area (Å²) in [6.45, 7) is 13.3. The van der Waals surface area contributed by atoms with Gasteiger partial charge in [-0.1, -0.05) is 18.1 Å². The van der Waals surface area contributed by atoms with Gasteiger partial charge in [-0.2, -0.15) is 0 Å². The Morgan fingerprint density at radius 1 is 1.21 bits per heavy atom. The number of amides is 1. The number of carbonyl (C=O) groups is 2. The zero-order chi connectivity index (χ0) is 24.4. The van der Waals surface area contributed by atoms with E-state index in [-0.39, 0.29) is 18.5 Å². The Bertz CT molecular complexity index is 1030. The molecule has 9 heteroatoms. The standard InChI is InChI=1S/C25H34N4O5/c1-6-27(7-2)18-9-10-19-17(5)23(24(30)33-21(19)14-18)20-15-28(22-13-16(4)26-34-22)11-12-29(20)25(31)32-8-3/h9-10,13-14,17,20,23H,6-8,11-12,15H2,1-5H3. The number of hydrogen-bond donors (Lipinski definition) is 0. The molecule has 9 nitrogen and oxygen atoms in total. The van der Waals surface area contributed by atoms with Crippen LogP contribution in [0.1, 0.15) is 44.9 Å². The number of fused-ring (bicyclic) bond motifs is 1. The van der Waals surface area contributed by atoms with Crippen molar-refractivity contribution in [3.05, 3.63) is 35.5 Å². The van der Waals surface area contributed by atoms with Gasteiger partial charge in [-0.05, 0) is 39.3 Å². The highest BCUT2D eigenvalue weighted by atomic mass is 16.6.